The summed E-state index contributed by atoms with van der Waals surface area (Å²) in [6.45, 7) is 1.28. The molecule has 0 radical (unpaired) electrons. The van der Waals surface area contributed by atoms with Crippen molar-refractivity contribution in [2.75, 3.05) is 19.0 Å². The molecule has 0 saturated heterocycles. The predicted octanol–water partition coefficient (Wildman–Crippen LogP) is 3.83. The number of hydrogen-bond acceptors (Lipinski definition) is 2. The highest BCUT2D eigenvalue weighted by Crippen LogP contribution is 2.22. The van der Waals surface area contributed by atoms with Crippen molar-refractivity contribution in [3.05, 3.63) is 64.4 Å². The van der Waals surface area contributed by atoms with Crippen molar-refractivity contribution in [1.82, 2.24) is 5.32 Å². The number of hydrogen-bond donors (Lipinski definition) is 1. The zero-order valence-electron chi connectivity index (χ0n) is 11.7. The summed E-state index contributed by atoms with van der Waals surface area (Å²) in [7, 11) is 3.78. The molecule has 0 unspecified atom stereocenters. The molecular weight excluding hydrogens is 275 g/mol. The highest BCUT2D eigenvalue weighted by atomic mass is 35.5. The molecule has 1 N–H and O–H groups in total. The molecule has 0 aliphatic carbocycles. The monoisotopic (exact) mass is 292 g/mol. The van der Waals surface area contributed by atoms with E-state index in [1.165, 1.54) is 6.07 Å². The van der Waals surface area contributed by atoms with Crippen LogP contribution >= 0.6 is 11.6 Å². The lowest BCUT2D eigenvalue weighted by Crippen LogP contribution is -2.17. The fourth-order valence-corrected chi connectivity index (χ4v) is 2.33. The summed E-state index contributed by atoms with van der Waals surface area (Å²) < 4.78 is 13.6. The van der Waals surface area contributed by atoms with Gasteiger partial charge in [-0.1, -0.05) is 29.8 Å². The van der Waals surface area contributed by atoms with E-state index in [2.05, 4.69) is 5.32 Å². The van der Waals surface area contributed by atoms with Crippen LogP contribution in [0.15, 0.2) is 42.5 Å². The van der Waals surface area contributed by atoms with Crippen LogP contribution < -0.4 is 10.2 Å². The lowest BCUT2D eigenvalue weighted by Gasteiger charge is -2.21. The summed E-state index contributed by atoms with van der Waals surface area (Å²) in [5.41, 5.74) is 2.79. The number of anilines is 1. The smallest absolute Gasteiger partial charge is 0.125 e. The van der Waals surface area contributed by atoms with Gasteiger partial charge in [0, 0.05) is 30.8 Å². The Morgan fingerprint density at radius 1 is 1.20 bits per heavy atom. The van der Waals surface area contributed by atoms with Crippen molar-refractivity contribution >= 4 is 17.3 Å². The normalized spacial score (nSPS) is 10.6. The third-order valence-electron chi connectivity index (χ3n) is 3.13. The summed E-state index contributed by atoms with van der Waals surface area (Å²) in [5.74, 6) is -0.223. The molecule has 0 aliphatic heterocycles. The van der Waals surface area contributed by atoms with Crippen LogP contribution in [0.25, 0.3) is 0 Å². The maximum atomic E-state index is 13.6. The molecule has 106 valence electrons. The second-order valence-corrected chi connectivity index (χ2v) is 5.20. The Kier molecular flexibility index (Phi) is 4.99. The number of halogens is 2. The van der Waals surface area contributed by atoms with Crippen LogP contribution in [-0.2, 0) is 13.1 Å². The van der Waals surface area contributed by atoms with E-state index in [4.69, 9.17) is 11.6 Å². The summed E-state index contributed by atoms with van der Waals surface area (Å²) in [5, 5.41) is 3.76. The van der Waals surface area contributed by atoms with E-state index >= 15 is 0 Å². The van der Waals surface area contributed by atoms with Gasteiger partial charge in [0.1, 0.15) is 5.82 Å². The molecule has 4 heteroatoms. The molecule has 2 aromatic carbocycles. The lowest BCUT2D eigenvalue weighted by molar-refractivity contribution is 0.623. The molecular formula is C16H18ClFN2. The van der Waals surface area contributed by atoms with Crippen LogP contribution in [0.3, 0.4) is 0 Å². The predicted molar refractivity (Wildman–Crippen MR) is 82.7 cm³/mol. The molecule has 0 aromatic heterocycles. The van der Waals surface area contributed by atoms with Crippen molar-refractivity contribution in [3.63, 3.8) is 0 Å². The van der Waals surface area contributed by atoms with Crippen LogP contribution in [0.2, 0.25) is 5.02 Å². The summed E-state index contributed by atoms with van der Waals surface area (Å²) >= 11 is 6.16. The highest BCUT2D eigenvalue weighted by molar-refractivity contribution is 6.31. The minimum Gasteiger partial charge on any atom is -0.370 e. The van der Waals surface area contributed by atoms with Crippen LogP contribution in [0.4, 0.5) is 10.1 Å². The molecule has 2 rings (SSSR count). The fraction of sp³-hybridized carbons (Fsp3) is 0.250. The second-order valence-electron chi connectivity index (χ2n) is 4.80. The molecule has 0 amide bonds. The molecule has 0 bridgehead atoms. The third kappa shape index (κ3) is 3.71. The Morgan fingerprint density at radius 2 is 1.95 bits per heavy atom. The Balaban J connectivity index is 2.20. The molecule has 0 heterocycles. The summed E-state index contributed by atoms with van der Waals surface area (Å²) in [4.78, 5) is 1.99. The van der Waals surface area contributed by atoms with Crippen molar-refractivity contribution in [1.29, 1.82) is 0 Å². The molecule has 2 nitrogen and oxygen atoms in total. The lowest BCUT2D eigenvalue weighted by atomic mass is 10.1. The minimum absolute atomic E-state index is 0.223. The minimum atomic E-state index is -0.223. The average molecular weight is 293 g/mol. The van der Waals surface area contributed by atoms with Crippen LogP contribution in [0.5, 0.6) is 0 Å². The van der Waals surface area contributed by atoms with Gasteiger partial charge in [0.05, 0.1) is 0 Å². The Morgan fingerprint density at radius 3 is 2.65 bits per heavy atom. The first kappa shape index (κ1) is 14.8. The van der Waals surface area contributed by atoms with Gasteiger partial charge in [-0.3, -0.25) is 0 Å². The number of nitrogens with zero attached hydrogens (tertiary/aromatic N) is 1. The zero-order chi connectivity index (χ0) is 14.5. The van der Waals surface area contributed by atoms with Crippen molar-refractivity contribution in [2.24, 2.45) is 0 Å². The van der Waals surface area contributed by atoms with E-state index in [9.17, 15) is 4.39 Å². The number of rotatable bonds is 5. The Bertz CT molecular complexity index is 586. The van der Waals surface area contributed by atoms with Gasteiger partial charge in [-0.15, -0.1) is 0 Å². The molecule has 0 aliphatic rings. The number of nitrogens with one attached hydrogen (secondary N) is 1. The van der Waals surface area contributed by atoms with E-state index in [-0.39, 0.29) is 5.82 Å². The molecule has 20 heavy (non-hydrogen) atoms. The first-order valence-electron chi connectivity index (χ1n) is 6.49. The van der Waals surface area contributed by atoms with Gasteiger partial charge in [-0.2, -0.15) is 0 Å². The SMILES string of the molecule is CNCc1cc(F)cc(N(C)Cc2ccccc2Cl)c1. The topological polar surface area (TPSA) is 15.3 Å². The summed E-state index contributed by atoms with van der Waals surface area (Å²) in [6.07, 6.45) is 0. The standard InChI is InChI=1S/C16H18ClFN2/c1-19-10-12-7-14(18)9-15(8-12)20(2)11-13-5-3-4-6-16(13)17/h3-9,19H,10-11H2,1-2H3. The Labute approximate surface area is 124 Å². The van der Waals surface area contributed by atoms with E-state index in [1.54, 1.807) is 6.07 Å². The van der Waals surface area contributed by atoms with Crippen LogP contribution in [0.1, 0.15) is 11.1 Å². The molecule has 2 aromatic rings. The van der Waals surface area contributed by atoms with Gasteiger partial charge in [0.2, 0.25) is 0 Å². The van der Waals surface area contributed by atoms with Crippen molar-refractivity contribution in [3.8, 4) is 0 Å². The largest absolute Gasteiger partial charge is 0.370 e. The van der Waals surface area contributed by atoms with Crippen molar-refractivity contribution < 1.29 is 4.39 Å². The first-order chi connectivity index (χ1) is 9.60. The maximum absolute atomic E-state index is 13.6. The first-order valence-corrected chi connectivity index (χ1v) is 6.86. The number of benzene rings is 2. The second kappa shape index (κ2) is 6.73. The van der Waals surface area contributed by atoms with Gasteiger partial charge in [0.15, 0.2) is 0 Å². The molecule has 0 atom stereocenters. The van der Waals surface area contributed by atoms with Crippen LogP contribution in [-0.4, -0.2) is 14.1 Å². The van der Waals surface area contributed by atoms with Gasteiger partial charge < -0.3 is 10.2 Å². The quantitative estimate of drug-likeness (QED) is 0.901. The maximum Gasteiger partial charge on any atom is 0.125 e. The fourth-order valence-electron chi connectivity index (χ4n) is 2.13. The van der Waals surface area contributed by atoms with E-state index in [1.807, 2.05) is 49.3 Å². The third-order valence-corrected chi connectivity index (χ3v) is 3.50. The molecule has 0 saturated carbocycles. The van der Waals surface area contributed by atoms with Gasteiger partial charge in [0.25, 0.3) is 0 Å². The van der Waals surface area contributed by atoms with Crippen molar-refractivity contribution in [2.45, 2.75) is 13.1 Å². The molecule has 0 spiro atoms. The van der Waals surface area contributed by atoms with E-state index in [0.29, 0.717) is 13.1 Å². The van der Waals surface area contributed by atoms with Crippen LogP contribution in [0, 0.1) is 5.82 Å². The van der Waals surface area contributed by atoms with E-state index in [0.717, 1.165) is 21.8 Å². The zero-order valence-corrected chi connectivity index (χ0v) is 12.4. The van der Waals surface area contributed by atoms with Gasteiger partial charge in [-0.05, 0) is 42.4 Å². The van der Waals surface area contributed by atoms with Gasteiger partial charge in [-0.25, -0.2) is 4.39 Å². The Hall–Kier alpha value is -1.58. The highest BCUT2D eigenvalue weighted by Gasteiger charge is 2.08. The molecule has 0 fully saturated rings. The summed E-state index contributed by atoms with van der Waals surface area (Å²) in [6, 6.07) is 12.8. The average Bonchev–Trinajstić information content (AvgIpc) is 2.41. The van der Waals surface area contributed by atoms with E-state index < -0.39 is 0 Å². The van der Waals surface area contributed by atoms with Gasteiger partial charge >= 0.3 is 0 Å².